The van der Waals surface area contributed by atoms with Crippen molar-refractivity contribution in [2.45, 2.75) is 25.8 Å². The molecule has 0 amide bonds. The van der Waals surface area contributed by atoms with Crippen LogP contribution in [0.3, 0.4) is 0 Å². The van der Waals surface area contributed by atoms with E-state index in [1.807, 2.05) is 12.1 Å². The standard InChI is InChI=1S/C12H18ClN3/c1-10(16-7-2-3-8-16)9-14-12-6-4-5-11(13)15-12/h4-6,10H,2-3,7-9H2,1H3,(H,14,15). The second-order valence-electron chi connectivity index (χ2n) is 4.32. The maximum absolute atomic E-state index is 5.83. The summed E-state index contributed by atoms with van der Waals surface area (Å²) in [6.45, 7) is 5.63. The molecule has 1 atom stereocenters. The van der Waals surface area contributed by atoms with E-state index in [0.29, 0.717) is 11.2 Å². The van der Waals surface area contributed by atoms with Crippen LogP contribution in [0.15, 0.2) is 18.2 Å². The van der Waals surface area contributed by atoms with Gasteiger partial charge in [0.05, 0.1) is 0 Å². The Morgan fingerprint density at radius 2 is 2.19 bits per heavy atom. The summed E-state index contributed by atoms with van der Waals surface area (Å²) in [7, 11) is 0. The molecule has 0 saturated carbocycles. The Hall–Kier alpha value is -0.800. The molecule has 1 N–H and O–H groups in total. The van der Waals surface area contributed by atoms with E-state index in [-0.39, 0.29) is 0 Å². The van der Waals surface area contributed by atoms with Crippen molar-refractivity contribution in [3.63, 3.8) is 0 Å². The summed E-state index contributed by atoms with van der Waals surface area (Å²) < 4.78 is 0. The Kier molecular flexibility index (Phi) is 4.02. The van der Waals surface area contributed by atoms with Crippen LogP contribution in [-0.2, 0) is 0 Å². The molecule has 0 aromatic carbocycles. The molecule has 16 heavy (non-hydrogen) atoms. The van der Waals surface area contributed by atoms with Crippen LogP contribution in [-0.4, -0.2) is 35.6 Å². The van der Waals surface area contributed by atoms with Gasteiger partial charge in [0.1, 0.15) is 11.0 Å². The number of aromatic nitrogens is 1. The third-order valence-electron chi connectivity index (χ3n) is 3.06. The smallest absolute Gasteiger partial charge is 0.131 e. The normalized spacial score (nSPS) is 18.6. The van der Waals surface area contributed by atoms with E-state index >= 15 is 0 Å². The molecular weight excluding hydrogens is 222 g/mol. The summed E-state index contributed by atoms with van der Waals surface area (Å²) >= 11 is 5.83. The molecular formula is C12H18ClN3. The van der Waals surface area contributed by atoms with Crippen LogP contribution in [0.4, 0.5) is 5.82 Å². The lowest BCUT2D eigenvalue weighted by atomic mass is 10.3. The Morgan fingerprint density at radius 1 is 1.44 bits per heavy atom. The monoisotopic (exact) mass is 239 g/mol. The molecule has 1 unspecified atom stereocenters. The van der Waals surface area contributed by atoms with Gasteiger partial charge in [-0.05, 0) is 45.0 Å². The fourth-order valence-electron chi connectivity index (χ4n) is 2.07. The summed E-state index contributed by atoms with van der Waals surface area (Å²) in [6.07, 6.45) is 2.67. The molecule has 88 valence electrons. The lowest BCUT2D eigenvalue weighted by molar-refractivity contribution is 0.269. The van der Waals surface area contributed by atoms with Crippen molar-refractivity contribution in [1.82, 2.24) is 9.88 Å². The molecule has 0 aliphatic carbocycles. The van der Waals surface area contributed by atoms with Crippen LogP contribution < -0.4 is 5.32 Å². The van der Waals surface area contributed by atoms with Crippen molar-refractivity contribution in [2.75, 3.05) is 25.0 Å². The second-order valence-corrected chi connectivity index (χ2v) is 4.71. The zero-order valence-corrected chi connectivity index (χ0v) is 10.4. The minimum absolute atomic E-state index is 0.541. The van der Waals surface area contributed by atoms with Gasteiger partial charge in [0.2, 0.25) is 0 Å². The average Bonchev–Trinajstić information content (AvgIpc) is 2.79. The van der Waals surface area contributed by atoms with Gasteiger partial charge in [-0.15, -0.1) is 0 Å². The predicted octanol–water partition coefficient (Wildman–Crippen LogP) is 2.63. The van der Waals surface area contributed by atoms with Crippen molar-refractivity contribution in [2.24, 2.45) is 0 Å². The number of pyridine rings is 1. The largest absolute Gasteiger partial charge is 0.368 e. The van der Waals surface area contributed by atoms with Crippen molar-refractivity contribution in [1.29, 1.82) is 0 Å². The highest BCUT2D eigenvalue weighted by Crippen LogP contribution is 2.13. The minimum Gasteiger partial charge on any atom is -0.368 e. The zero-order valence-electron chi connectivity index (χ0n) is 9.62. The quantitative estimate of drug-likeness (QED) is 0.819. The molecule has 2 heterocycles. The molecule has 2 rings (SSSR count). The van der Waals surface area contributed by atoms with Gasteiger partial charge in [-0.2, -0.15) is 0 Å². The molecule has 1 saturated heterocycles. The molecule has 1 aliphatic heterocycles. The van der Waals surface area contributed by atoms with Gasteiger partial charge in [0.25, 0.3) is 0 Å². The van der Waals surface area contributed by atoms with Crippen molar-refractivity contribution in [3.8, 4) is 0 Å². The molecule has 0 spiro atoms. The Balaban J connectivity index is 1.82. The number of hydrogen-bond donors (Lipinski definition) is 1. The van der Waals surface area contributed by atoms with Crippen molar-refractivity contribution in [3.05, 3.63) is 23.4 Å². The number of nitrogens with one attached hydrogen (secondary N) is 1. The highest BCUT2D eigenvalue weighted by Gasteiger charge is 2.17. The number of likely N-dealkylation sites (tertiary alicyclic amines) is 1. The average molecular weight is 240 g/mol. The van der Waals surface area contributed by atoms with Gasteiger partial charge >= 0.3 is 0 Å². The maximum atomic E-state index is 5.83. The van der Waals surface area contributed by atoms with E-state index in [4.69, 9.17) is 11.6 Å². The first-order valence-corrected chi connectivity index (χ1v) is 6.24. The van der Waals surface area contributed by atoms with E-state index < -0.39 is 0 Å². The van der Waals surface area contributed by atoms with Crippen molar-refractivity contribution >= 4 is 17.4 Å². The van der Waals surface area contributed by atoms with Crippen LogP contribution in [0.5, 0.6) is 0 Å². The van der Waals surface area contributed by atoms with Gasteiger partial charge in [0, 0.05) is 12.6 Å². The lowest BCUT2D eigenvalue weighted by Gasteiger charge is -2.24. The second kappa shape index (κ2) is 5.51. The van der Waals surface area contributed by atoms with Gasteiger partial charge in [-0.1, -0.05) is 17.7 Å². The first-order chi connectivity index (χ1) is 7.75. The van der Waals surface area contributed by atoms with Gasteiger partial charge in [0.15, 0.2) is 0 Å². The summed E-state index contributed by atoms with van der Waals surface area (Å²) in [5, 5.41) is 3.87. The maximum Gasteiger partial charge on any atom is 0.131 e. The fraction of sp³-hybridized carbons (Fsp3) is 0.583. The highest BCUT2D eigenvalue weighted by atomic mass is 35.5. The highest BCUT2D eigenvalue weighted by molar-refractivity contribution is 6.29. The molecule has 1 aliphatic rings. The molecule has 3 nitrogen and oxygen atoms in total. The lowest BCUT2D eigenvalue weighted by Crippen LogP contribution is -2.35. The Bertz CT molecular complexity index is 337. The van der Waals surface area contributed by atoms with E-state index in [1.165, 1.54) is 25.9 Å². The van der Waals surface area contributed by atoms with Crippen LogP contribution in [0, 0.1) is 0 Å². The number of rotatable bonds is 4. The number of anilines is 1. The van der Waals surface area contributed by atoms with Crippen LogP contribution in [0.2, 0.25) is 5.15 Å². The van der Waals surface area contributed by atoms with Gasteiger partial charge in [-0.25, -0.2) is 4.98 Å². The van der Waals surface area contributed by atoms with Gasteiger partial charge < -0.3 is 5.32 Å². The molecule has 1 aromatic rings. The summed E-state index contributed by atoms with van der Waals surface area (Å²) in [4.78, 5) is 6.72. The topological polar surface area (TPSA) is 28.2 Å². The van der Waals surface area contributed by atoms with Crippen LogP contribution >= 0.6 is 11.6 Å². The molecule has 0 radical (unpaired) electrons. The molecule has 4 heteroatoms. The first kappa shape index (κ1) is 11.7. The zero-order chi connectivity index (χ0) is 11.4. The number of hydrogen-bond acceptors (Lipinski definition) is 3. The molecule has 0 bridgehead atoms. The Morgan fingerprint density at radius 3 is 2.88 bits per heavy atom. The predicted molar refractivity (Wildman–Crippen MR) is 68.0 cm³/mol. The fourth-order valence-corrected chi connectivity index (χ4v) is 2.23. The van der Waals surface area contributed by atoms with E-state index in [2.05, 4.69) is 22.1 Å². The molecule has 1 aromatic heterocycles. The van der Waals surface area contributed by atoms with Crippen LogP contribution in [0.1, 0.15) is 19.8 Å². The SMILES string of the molecule is CC(CNc1cccc(Cl)n1)N1CCCC1. The van der Waals surface area contributed by atoms with Gasteiger partial charge in [-0.3, -0.25) is 4.90 Å². The summed E-state index contributed by atoms with van der Waals surface area (Å²) in [5.41, 5.74) is 0. The third-order valence-corrected chi connectivity index (χ3v) is 3.27. The van der Waals surface area contributed by atoms with Crippen molar-refractivity contribution < 1.29 is 0 Å². The van der Waals surface area contributed by atoms with E-state index in [1.54, 1.807) is 6.07 Å². The summed E-state index contributed by atoms with van der Waals surface area (Å²) in [6, 6.07) is 6.21. The van der Waals surface area contributed by atoms with E-state index in [9.17, 15) is 0 Å². The van der Waals surface area contributed by atoms with E-state index in [0.717, 1.165) is 12.4 Å². The first-order valence-electron chi connectivity index (χ1n) is 5.86. The molecule has 1 fully saturated rings. The Labute approximate surface area is 102 Å². The summed E-state index contributed by atoms with van der Waals surface area (Å²) in [5.74, 6) is 0.860. The minimum atomic E-state index is 0.541. The van der Waals surface area contributed by atoms with Crippen LogP contribution in [0.25, 0.3) is 0 Å². The number of nitrogens with zero attached hydrogens (tertiary/aromatic N) is 2. The number of halogens is 1. The third kappa shape index (κ3) is 3.09.